The molecule has 4 rings (SSSR count). The summed E-state index contributed by atoms with van der Waals surface area (Å²) in [5.41, 5.74) is 4.77. The highest BCUT2D eigenvalue weighted by Crippen LogP contribution is 2.15. The van der Waals surface area contributed by atoms with Crippen molar-refractivity contribution in [2.45, 2.75) is 26.9 Å². The molecule has 1 aliphatic rings. The van der Waals surface area contributed by atoms with Crippen LogP contribution in [0.2, 0.25) is 0 Å². The van der Waals surface area contributed by atoms with Crippen LogP contribution in [0.15, 0.2) is 45.6 Å². The van der Waals surface area contributed by atoms with E-state index in [9.17, 15) is 14.4 Å². The molecular formula is C24H27N3O5. The maximum atomic E-state index is 12.5. The lowest BCUT2D eigenvalue weighted by molar-refractivity contribution is 0.0696. The smallest absolute Gasteiger partial charge is 0.417 e. The lowest BCUT2D eigenvalue weighted by atomic mass is 10.1. The van der Waals surface area contributed by atoms with Crippen molar-refractivity contribution in [1.82, 2.24) is 14.8 Å². The van der Waals surface area contributed by atoms with Crippen LogP contribution in [0.5, 0.6) is 0 Å². The van der Waals surface area contributed by atoms with Crippen LogP contribution >= 0.6 is 0 Å². The molecular weight excluding hydrogens is 410 g/mol. The molecule has 1 amide bonds. The molecule has 0 aliphatic carbocycles. The van der Waals surface area contributed by atoms with Gasteiger partial charge in [-0.2, -0.15) is 0 Å². The second-order valence-electron chi connectivity index (χ2n) is 8.28. The number of ketones is 1. The Hall–Kier alpha value is -3.39. The summed E-state index contributed by atoms with van der Waals surface area (Å²) in [5.74, 6) is -0.541. The van der Waals surface area contributed by atoms with Crippen molar-refractivity contribution in [1.29, 1.82) is 0 Å². The zero-order valence-corrected chi connectivity index (χ0v) is 18.3. The summed E-state index contributed by atoms with van der Waals surface area (Å²) in [6.45, 7) is 7.45. The Bertz CT molecular complexity index is 1170. The van der Waals surface area contributed by atoms with Crippen molar-refractivity contribution in [3.63, 3.8) is 0 Å². The lowest BCUT2D eigenvalue weighted by Crippen LogP contribution is -2.49. The molecule has 1 aliphatic heterocycles. The van der Waals surface area contributed by atoms with Crippen LogP contribution in [0, 0.1) is 13.8 Å². The first kappa shape index (κ1) is 21.8. The predicted molar refractivity (Wildman–Crippen MR) is 120 cm³/mol. The summed E-state index contributed by atoms with van der Waals surface area (Å²) in [5, 5.41) is 0. The number of aromatic nitrogens is 1. The Kier molecular flexibility index (Phi) is 6.41. The molecule has 32 heavy (non-hydrogen) atoms. The number of piperazine rings is 1. The normalized spacial score (nSPS) is 14.6. The van der Waals surface area contributed by atoms with E-state index >= 15 is 0 Å². The number of amides is 1. The monoisotopic (exact) mass is 437 g/mol. The number of rotatable bonds is 6. The molecule has 0 atom stereocenters. The van der Waals surface area contributed by atoms with E-state index in [4.69, 9.17) is 9.15 Å². The third-order valence-corrected chi connectivity index (χ3v) is 5.67. The van der Waals surface area contributed by atoms with E-state index in [2.05, 4.69) is 16.0 Å². The Morgan fingerprint density at radius 1 is 1.03 bits per heavy atom. The molecule has 1 fully saturated rings. The summed E-state index contributed by atoms with van der Waals surface area (Å²) >= 11 is 0. The fourth-order valence-corrected chi connectivity index (χ4v) is 4.07. The summed E-state index contributed by atoms with van der Waals surface area (Å²) in [6, 6.07) is 11.1. The zero-order valence-electron chi connectivity index (χ0n) is 18.3. The molecule has 0 radical (unpaired) electrons. The van der Waals surface area contributed by atoms with E-state index in [0.717, 1.165) is 16.7 Å². The van der Waals surface area contributed by atoms with E-state index < -0.39 is 5.76 Å². The SMILES string of the molecule is Cc1cc(C)cc(COC(=O)N2CCN(CCC(=O)c3ccc4[nH]c(=O)oc4c3)CC2)c1. The molecule has 2 aromatic carbocycles. The van der Waals surface area contributed by atoms with Gasteiger partial charge in [-0.25, -0.2) is 9.59 Å². The van der Waals surface area contributed by atoms with Gasteiger partial charge in [0.15, 0.2) is 11.4 Å². The molecule has 0 spiro atoms. The van der Waals surface area contributed by atoms with Gasteiger partial charge in [0.1, 0.15) is 6.61 Å². The largest absolute Gasteiger partial charge is 0.445 e. The van der Waals surface area contributed by atoms with Gasteiger partial charge in [-0.15, -0.1) is 0 Å². The average Bonchev–Trinajstić information content (AvgIpc) is 3.14. The maximum absolute atomic E-state index is 12.5. The Balaban J connectivity index is 1.22. The number of nitrogens with zero attached hydrogens (tertiary/aromatic N) is 2. The van der Waals surface area contributed by atoms with Gasteiger partial charge in [-0.05, 0) is 37.6 Å². The lowest BCUT2D eigenvalue weighted by Gasteiger charge is -2.33. The van der Waals surface area contributed by atoms with Crippen molar-refractivity contribution in [3.05, 3.63) is 69.2 Å². The van der Waals surface area contributed by atoms with Crippen LogP contribution in [0.3, 0.4) is 0 Å². The highest BCUT2D eigenvalue weighted by atomic mass is 16.6. The number of nitrogens with one attached hydrogen (secondary N) is 1. The number of H-pyrrole nitrogens is 1. The molecule has 0 saturated carbocycles. The van der Waals surface area contributed by atoms with E-state index in [1.165, 1.54) is 0 Å². The van der Waals surface area contributed by atoms with Crippen molar-refractivity contribution >= 4 is 23.0 Å². The van der Waals surface area contributed by atoms with Gasteiger partial charge in [0, 0.05) is 44.7 Å². The molecule has 1 saturated heterocycles. The van der Waals surface area contributed by atoms with Crippen LogP contribution in [0.25, 0.3) is 11.1 Å². The Morgan fingerprint density at radius 2 is 1.75 bits per heavy atom. The highest BCUT2D eigenvalue weighted by molar-refractivity contribution is 5.98. The summed E-state index contributed by atoms with van der Waals surface area (Å²) < 4.78 is 10.5. The van der Waals surface area contributed by atoms with Gasteiger partial charge in [0.05, 0.1) is 5.52 Å². The number of ether oxygens (including phenoxy) is 1. The van der Waals surface area contributed by atoms with E-state index in [0.29, 0.717) is 55.8 Å². The minimum Gasteiger partial charge on any atom is -0.445 e. The van der Waals surface area contributed by atoms with E-state index in [1.54, 1.807) is 23.1 Å². The Labute approximate surface area is 185 Å². The minimum atomic E-state index is -0.532. The molecule has 2 heterocycles. The molecule has 0 bridgehead atoms. The van der Waals surface area contributed by atoms with Crippen molar-refractivity contribution in [2.24, 2.45) is 0 Å². The van der Waals surface area contributed by atoms with Crippen LogP contribution in [-0.4, -0.2) is 59.4 Å². The van der Waals surface area contributed by atoms with Gasteiger partial charge in [0.25, 0.3) is 0 Å². The van der Waals surface area contributed by atoms with Crippen molar-refractivity contribution in [2.75, 3.05) is 32.7 Å². The second kappa shape index (κ2) is 9.40. The quantitative estimate of drug-likeness (QED) is 0.595. The van der Waals surface area contributed by atoms with Gasteiger partial charge >= 0.3 is 11.8 Å². The van der Waals surface area contributed by atoms with Crippen LogP contribution in [-0.2, 0) is 11.3 Å². The number of aryl methyl sites for hydroxylation is 2. The molecule has 3 aromatic rings. The Morgan fingerprint density at radius 3 is 2.47 bits per heavy atom. The van der Waals surface area contributed by atoms with Gasteiger partial charge in [-0.1, -0.05) is 29.3 Å². The zero-order chi connectivity index (χ0) is 22.7. The third kappa shape index (κ3) is 5.26. The van der Waals surface area contributed by atoms with Gasteiger partial charge in [0.2, 0.25) is 0 Å². The van der Waals surface area contributed by atoms with Crippen molar-refractivity contribution in [3.8, 4) is 0 Å². The number of Topliss-reactive ketones (excluding diaryl/α,β-unsaturated/α-hetero) is 1. The summed E-state index contributed by atoms with van der Waals surface area (Å²) in [6.07, 6.45) is 0.0540. The van der Waals surface area contributed by atoms with Crippen LogP contribution < -0.4 is 5.76 Å². The fourth-order valence-electron chi connectivity index (χ4n) is 4.07. The molecule has 1 N–H and O–H groups in total. The number of carbonyl (C=O) groups is 2. The van der Waals surface area contributed by atoms with E-state index in [1.807, 2.05) is 26.0 Å². The topological polar surface area (TPSA) is 95.9 Å². The summed E-state index contributed by atoms with van der Waals surface area (Å²) in [7, 11) is 0. The highest BCUT2D eigenvalue weighted by Gasteiger charge is 2.22. The number of aromatic amines is 1. The third-order valence-electron chi connectivity index (χ3n) is 5.67. The molecule has 8 nitrogen and oxygen atoms in total. The fraction of sp³-hybridized carbons (Fsp3) is 0.375. The number of carbonyl (C=O) groups excluding carboxylic acids is 2. The van der Waals surface area contributed by atoms with Crippen LogP contribution in [0.1, 0.15) is 33.5 Å². The van der Waals surface area contributed by atoms with Gasteiger partial charge in [-0.3, -0.25) is 14.7 Å². The van der Waals surface area contributed by atoms with Crippen molar-refractivity contribution < 1.29 is 18.7 Å². The predicted octanol–water partition coefficient (Wildman–Crippen LogP) is 3.27. The minimum absolute atomic E-state index is 0.00830. The first-order valence-electron chi connectivity index (χ1n) is 10.7. The standard InChI is InChI=1S/C24H27N3O5/c1-16-11-17(2)13-18(12-16)15-31-24(30)27-9-7-26(8-10-27)6-5-21(28)19-3-4-20-22(14-19)32-23(29)25-20/h3-4,11-14H,5-10,15H2,1-2H3,(H,25,29). The molecule has 8 heteroatoms. The van der Waals surface area contributed by atoms with Crippen LogP contribution in [0.4, 0.5) is 4.79 Å². The number of hydrogen-bond acceptors (Lipinski definition) is 6. The molecule has 1 aromatic heterocycles. The first-order chi connectivity index (χ1) is 15.4. The maximum Gasteiger partial charge on any atom is 0.417 e. The number of fused-ring (bicyclic) bond motifs is 1. The number of oxazole rings is 1. The average molecular weight is 437 g/mol. The number of hydrogen-bond donors (Lipinski definition) is 1. The molecule has 168 valence electrons. The number of benzene rings is 2. The summed E-state index contributed by atoms with van der Waals surface area (Å²) in [4.78, 5) is 42.6. The second-order valence-corrected chi connectivity index (χ2v) is 8.28. The van der Waals surface area contributed by atoms with E-state index in [-0.39, 0.29) is 18.5 Å². The van der Waals surface area contributed by atoms with Gasteiger partial charge < -0.3 is 14.1 Å². The first-order valence-corrected chi connectivity index (χ1v) is 10.7. The molecule has 0 unspecified atom stereocenters.